The second kappa shape index (κ2) is 5.04. The first-order valence-corrected chi connectivity index (χ1v) is 6.99. The van der Waals surface area contributed by atoms with Crippen LogP contribution in [0.2, 0.25) is 5.02 Å². The molecule has 18 heavy (non-hydrogen) atoms. The molecule has 90 valence electrons. The lowest BCUT2D eigenvalue weighted by atomic mass is 10.2. The fourth-order valence-corrected chi connectivity index (χ4v) is 3.03. The number of thioether (sulfide) groups is 1. The Morgan fingerprint density at radius 2 is 1.94 bits per heavy atom. The van der Waals surface area contributed by atoms with Crippen LogP contribution in [0.1, 0.15) is 5.56 Å². The van der Waals surface area contributed by atoms with Crippen molar-refractivity contribution in [3.8, 4) is 0 Å². The molecule has 0 aliphatic heterocycles. The van der Waals surface area contributed by atoms with Crippen molar-refractivity contribution in [3.05, 3.63) is 65.4 Å². The molecule has 0 N–H and O–H groups in total. The summed E-state index contributed by atoms with van der Waals surface area (Å²) < 4.78 is 2.08. The van der Waals surface area contributed by atoms with Crippen LogP contribution in [0.4, 0.5) is 0 Å². The van der Waals surface area contributed by atoms with E-state index in [4.69, 9.17) is 11.6 Å². The van der Waals surface area contributed by atoms with Crippen LogP contribution in [0.15, 0.2) is 60.0 Å². The van der Waals surface area contributed by atoms with E-state index < -0.39 is 0 Å². The zero-order valence-corrected chi connectivity index (χ0v) is 11.2. The standard InChI is InChI=1S/C14H11ClN2S/c15-13-7-2-1-5-11(13)10-18-14-16-9-12-6-3-4-8-17(12)14/h1-9H,10H2. The van der Waals surface area contributed by atoms with Crippen molar-refractivity contribution in [1.82, 2.24) is 9.38 Å². The molecule has 2 aromatic heterocycles. The number of pyridine rings is 1. The number of hydrogen-bond donors (Lipinski definition) is 0. The fourth-order valence-electron chi connectivity index (χ4n) is 1.78. The summed E-state index contributed by atoms with van der Waals surface area (Å²) in [7, 11) is 0. The summed E-state index contributed by atoms with van der Waals surface area (Å²) in [5.74, 6) is 0.827. The van der Waals surface area contributed by atoms with Gasteiger partial charge in [-0.3, -0.25) is 4.40 Å². The van der Waals surface area contributed by atoms with Crippen molar-refractivity contribution in [2.24, 2.45) is 0 Å². The Balaban J connectivity index is 1.83. The van der Waals surface area contributed by atoms with E-state index in [0.717, 1.165) is 27.0 Å². The third-order valence-corrected chi connectivity index (χ3v) is 4.10. The van der Waals surface area contributed by atoms with Crippen molar-refractivity contribution < 1.29 is 0 Å². The van der Waals surface area contributed by atoms with E-state index in [1.165, 1.54) is 0 Å². The van der Waals surface area contributed by atoms with E-state index in [0.29, 0.717) is 0 Å². The van der Waals surface area contributed by atoms with Gasteiger partial charge in [-0.15, -0.1) is 0 Å². The molecule has 1 aromatic carbocycles. The molecule has 0 saturated heterocycles. The van der Waals surface area contributed by atoms with E-state index >= 15 is 0 Å². The zero-order valence-electron chi connectivity index (χ0n) is 9.58. The quantitative estimate of drug-likeness (QED) is 0.663. The van der Waals surface area contributed by atoms with E-state index in [1.54, 1.807) is 11.8 Å². The third-order valence-electron chi connectivity index (χ3n) is 2.72. The number of benzene rings is 1. The molecule has 2 heterocycles. The molecule has 0 saturated carbocycles. The summed E-state index contributed by atoms with van der Waals surface area (Å²) in [5.41, 5.74) is 2.25. The molecule has 3 rings (SSSR count). The van der Waals surface area contributed by atoms with Gasteiger partial charge in [0.25, 0.3) is 0 Å². The predicted molar refractivity (Wildman–Crippen MR) is 76.2 cm³/mol. The molecule has 0 bridgehead atoms. The molecule has 3 aromatic rings. The third kappa shape index (κ3) is 2.24. The van der Waals surface area contributed by atoms with Gasteiger partial charge in [0.2, 0.25) is 0 Å². The van der Waals surface area contributed by atoms with Gasteiger partial charge in [-0.25, -0.2) is 4.98 Å². The maximum atomic E-state index is 6.14. The second-order valence-corrected chi connectivity index (χ2v) is 5.27. The highest BCUT2D eigenvalue weighted by atomic mass is 35.5. The SMILES string of the molecule is Clc1ccccc1CSc1ncc2ccccn12. The summed E-state index contributed by atoms with van der Waals surface area (Å²) in [6, 6.07) is 14.0. The topological polar surface area (TPSA) is 17.3 Å². The van der Waals surface area contributed by atoms with E-state index in [1.807, 2.05) is 54.9 Å². The molecule has 0 aliphatic rings. The van der Waals surface area contributed by atoms with Crippen LogP contribution >= 0.6 is 23.4 Å². The van der Waals surface area contributed by atoms with Crippen molar-refractivity contribution in [2.45, 2.75) is 10.9 Å². The van der Waals surface area contributed by atoms with Crippen LogP contribution in [0, 0.1) is 0 Å². The lowest BCUT2D eigenvalue weighted by Crippen LogP contribution is -1.88. The van der Waals surface area contributed by atoms with Crippen LogP contribution in [0.3, 0.4) is 0 Å². The smallest absolute Gasteiger partial charge is 0.172 e. The van der Waals surface area contributed by atoms with Crippen LogP contribution in [0.25, 0.3) is 5.52 Å². The van der Waals surface area contributed by atoms with Gasteiger partial charge in [0.05, 0.1) is 11.7 Å². The highest BCUT2D eigenvalue weighted by Crippen LogP contribution is 2.26. The van der Waals surface area contributed by atoms with Crippen molar-refractivity contribution >= 4 is 28.9 Å². The largest absolute Gasteiger partial charge is 0.295 e. The lowest BCUT2D eigenvalue weighted by molar-refractivity contribution is 0.957. The average molecular weight is 275 g/mol. The lowest BCUT2D eigenvalue weighted by Gasteiger charge is -2.03. The number of nitrogens with zero attached hydrogens (tertiary/aromatic N) is 2. The molecular formula is C14H11ClN2S. The van der Waals surface area contributed by atoms with Gasteiger partial charge in [0, 0.05) is 17.0 Å². The number of rotatable bonds is 3. The first kappa shape index (κ1) is 11.6. The molecule has 0 unspecified atom stereocenters. The summed E-state index contributed by atoms with van der Waals surface area (Å²) in [5, 5.41) is 1.80. The normalized spacial score (nSPS) is 10.9. The number of hydrogen-bond acceptors (Lipinski definition) is 2. The van der Waals surface area contributed by atoms with Gasteiger partial charge in [0.15, 0.2) is 5.16 Å². The Labute approximate surface area is 115 Å². The van der Waals surface area contributed by atoms with Crippen molar-refractivity contribution in [1.29, 1.82) is 0 Å². The van der Waals surface area contributed by atoms with E-state index in [2.05, 4.69) is 9.38 Å². The fraction of sp³-hybridized carbons (Fsp3) is 0.0714. The number of imidazole rings is 1. The van der Waals surface area contributed by atoms with Crippen LogP contribution in [-0.2, 0) is 5.75 Å². The summed E-state index contributed by atoms with van der Waals surface area (Å²) in [4.78, 5) is 4.42. The molecular weight excluding hydrogens is 264 g/mol. The Morgan fingerprint density at radius 3 is 2.83 bits per heavy atom. The second-order valence-electron chi connectivity index (χ2n) is 3.92. The average Bonchev–Trinajstić information content (AvgIpc) is 2.81. The molecule has 0 radical (unpaired) electrons. The van der Waals surface area contributed by atoms with Gasteiger partial charge < -0.3 is 0 Å². The molecule has 0 fully saturated rings. The molecule has 0 aliphatic carbocycles. The van der Waals surface area contributed by atoms with Crippen molar-refractivity contribution in [2.75, 3.05) is 0 Å². The van der Waals surface area contributed by atoms with Gasteiger partial charge >= 0.3 is 0 Å². The summed E-state index contributed by atoms with van der Waals surface area (Å²) >= 11 is 7.83. The number of halogens is 1. The van der Waals surface area contributed by atoms with Gasteiger partial charge in [-0.1, -0.05) is 47.6 Å². The Kier molecular flexibility index (Phi) is 3.26. The first-order chi connectivity index (χ1) is 8.84. The monoisotopic (exact) mass is 274 g/mol. The highest BCUT2D eigenvalue weighted by Gasteiger charge is 2.05. The minimum Gasteiger partial charge on any atom is -0.295 e. The molecule has 2 nitrogen and oxygen atoms in total. The Hall–Kier alpha value is -1.45. The molecule has 0 amide bonds. The summed E-state index contributed by atoms with van der Waals surface area (Å²) in [6.07, 6.45) is 3.91. The first-order valence-electron chi connectivity index (χ1n) is 5.63. The highest BCUT2D eigenvalue weighted by molar-refractivity contribution is 7.98. The van der Waals surface area contributed by atoms with Gasteiger partial charge in [-0.2, -0.15) is 0 Å². The van der Waals surface area contributed by atoms with Crippen LogP contribution in [0.5, 0.6) is 0 Å². The van der Waals surface area contributed by atoms with Crippen molar-refractivity contribution in [3.63, 3.8) is 0 Å². The zero-order chi connectivity index (χ0) is 12.4. The van der Waals surface area contributed by atoms with E-state index in [-0.39, 0.29) is 0 Å². The molecule has 4 heteroatoms. The minimum atomic E-state index is 0.811. The van der Waals surface area contributed by atoms with Gasteiger partial charge in [0.1, 0.15) is 0 Å². The Morgan fingerprint density at radius 1 is 1.11 bits per heavy atom. The van der Waals surface area contributed by atoms with Crippen LogP contribution < -0.4 is 0 Å². The predicted octanol–water partition coefficient (Wildman–Crippen LogP) is 4.28. The summed E-state index contributed by atoms with van der Waals surface area (Å²) in [6.45, 7) is 0. The maximum absolute atomic E-state index is 6.14. The van der Waals surface area contributed by atoms with Crippen LogP contribution in [-0.4, -0.2) is 9.38 Å². The Bertz CT molecular complexity index is 678. The maximum Gasteiger partial charge on any atom is 0.172 e. The minimum absolute atomic E-state index is 0.811. The molecule has 0 atom stereocenters. The van der Waals surface area contributed by atoms with Gasteiger partial charge in [-0.05, 0) is 23.8 Å². The number of aromatic nitrogens is 2. The number of fused-ring (bicyclic) bond motifs is 1. The molecule has 0 spiro atoms. The van der Waals surface area contributed by atoms with E-state index in [9.17, 15) is 0 Å².